The molecule has 36 nitrogen and oxygen atoms in total. The molecule has 0 aromatic heterocycles. The number of amides is 10. The molecule has 138 heavy (non-hydrogen) atoms. The number of likely N-dealkylation sites (N-methyl/N-ethyl adjacent to an activating group) is 4. The molecule has 12 N–H and O–H groups in total. The lowest BCUT2D eigenvalue weighted by molar-refractivity contribution is -0.419. The standard InChI is InChI=1S/C46H74N6O10.C39H61N5O10.C15H21NO4.CH4.ClH.H2/c1-13-29(9)38-36(53)24-37(54)62-40(27(6)7)43(57)48-33(22-26(4)5)44(58)52-20-14-15-34(52)45(59)51(12)35(23-31-18-16-28(8)17-19-31)46(60)61-30(10)39(42(56)49-38)50-41(55)32(47-11)21-25(2)3;1-10-23(6)33-30(45)20-31(46)54-34(22(4)5)36(48)41-27(18-21(2)3)37(49)44-17-11-12-28(44)38(50)43(8)29(19-25-13-15-26(52-9)16-14-25)39(51)53-24(7)32(40)35(47)42-33;1-11(2)9-13(14(17)18)16(3)15(19)20-10-12-7-5-4-6-8-12;;;/h16-19,25-27,29-30,32-36,38-40,47,53H,13-15,20-24H2,1-12H3,(H,48,57)(H,49,56)(H,50,55);13-16,21-24,27-30,32-34,45H,10-12,17-20,40H2,1-9H3,(H,41,48)(H,42,47);4-8,11,13H,9-10H2,1-3H3,(H,17,18);1H4;2*1H/t29-,30+,32+,33-,34-,35-,36-,38+,39-,40-;23-,24+,27-,28-,29-,30-,32-,33+,34-;13-;;;/m001.../s1. The quantitative estimate of drug-likeness (QED) is 0.0392. The van der Waals surface area contributed by atoms with Crippen LogP contribution in [0.15, 0.2) is 78.9 Å². The number of quaternary nitrogens is 1. The first-order valence-corrected chi connectivity index (χ1v) is 48.1. The SMILES string of the molecule is C.CC(C)C[C@H](C(=O)O)N(C)C(=O)OCc1ccccc1.CC[C@H](C)[C@H]1NC(=O)[C@@H](NC(=O)[C@@H](CC(C)C)NC)[C@@H](C)OC(=O)[C@H](Cc2ccc(C)cc2)N(C)C(=O)[C@@H]2CCCN2C(=O)[C@H](CC(C)C)NC(=O)[C@H](C(C)C)OC(=O)C[C@@H]1O.CC[C@H](C)[C@H]1NC(=O)[C@@H]([NH3+])[C@@H](C)OC(=O)[C@H](Cc2ccc(OC)cc2)N(C)C(=O)[C@@H]2CCCN2C(=O)[C@H](CC(C)C)NC(=O)[C@H](C(C)C)OC(=O)C[C@@H]1O.[Cl-].[HH]. The Labute approximate surface area is 823 Å². The monoisotopic (exact) mass is 1960 g/mol. The Morgan fingerprint density at radius 2 is 0.971 bits per heavy atom. The molecule has 0 unspecified atom stereocenters. The molecule has 0 radical (unpaired) electrons. The second-order valence-corrected chi connectivity index (χ2v) is 39.1. The molecule has 4 aliphatic heterocycles. The molecule has 20 atom stereocenters. The number of aryl methyl sites for hydroxylation is 1. The molecule has 0 spiro atoms. The number of fused-ring (bicyclic) bond motifs is 2. The van der Waals surface area contributed by atoms with E-state index in [1.807, 2.05) is 131 Å². The smallest absolute Gasteiger partial charge is 0.410 e. The van der Waals surface area contributed by atoms with Gasteiger partial charge < -0.3 is 113 Å². The summed E-state index contributed by atoms with van der Waals surface area (Å²) in [4.78, 5) is 212. The fraction of sp³-hybridized carbons (Fsp3) is 0.673. The van der Waals surface area contributed by atoms with E-state index < -0.39 is 229 Å². The Hall–Kier alpha value is -10.6. The third kappa shape index (κ3) is 36.6. The number of aliphatic hydroxyl groups excluding tert-OH is 2. The average Bonchev–Trinajstić information content (AvgIpc) is 1.72. The van der Waals surface area contributed by atoms with Crippen LogP contribution < -0.4 is 54.8 Å². The van der Waals surface area contributed by atoms with Crippen LogP contribution in [0.5, 0.6) is 5.75 Å². The number of esters is 4. The molecular formula is C101H163ClN12O24. The maximum Gasteiger partial charge on any atom is 0.410 e. The number of carboxylic acids is 1. The first kappa shape index (κ1) is 122. The van der Waals surface area contributed by atoms with Crippen LogP contribution in [0, 0.1) is 54.3 Å². The maximum absolute atomic E-state index is 14.6. The number of carboxylic acid groups (broad SMARTS) is 1. The highest BCUT2D eigenvalue weighted by atomic mass is 35.5. The van der Waals surface area contributed by atoms with E-state index in [9.17, 15) is 87.2 Å². The largest absolute Gasteiger partial charge is 1.00 e. The summed E-state index contributed by atoms with van der Waals surface area (Å²) in [7, 11) is 7.58. The molecule has 37 heteroatoms. The van der Waals surface area contributed by atoms with Gasteiger partial charge in [0.25, 0.3) is 17.7 Å². The normalized spacial score (nSPS) is 25.5. The molecule has 0 aliphatic carbocycles. The van der Waals surface area contributed by atoms with E-state index >= 15 is 0 Å². The van der Waals surface area contributed by atoms with E-state index in [-0.39, 0.29) is 96.2 Å². The number of aliphatic hydroxyl groups is 2. The van der Waals surface area contributed by atoms with Gasteiger partial charge in [0.15, 0.2) is 18.3 Å². The Morgan fingerprint density at radius 3 is 1.36 bits per heavy atom. The Kier molecular flexibility index (Phi) is 51.5. The van der Waals surface area contributed by atoms with Crippen LogP contribution >= 0.6 is 0 Å². The number of methoxy groups -OCH3 is 1. The molecule has 10 amide bonds. The number of hydrogen-bond donors (Lipinski definition) is 10. The second-order valence-electron chi connectivity index (χ2n) is 39.1. The average molecular weight is 1960 g/mol. The van der Waals surface area contributed by atoms with Gasteiger partial charge in [0, 0.05) is 48.5 Å². The number of ether oxygens (including phenoxy) is 6. The topological polar surface area (TPSA) is 488 Å². The first-order valence-electron chi connectivity index (χ1n) is 48.1. The van der Waals surface area contributed by atoms with Gasteiger partial charge in [0.2, 0.25) is 41.5 Å². The summed E-state index contributed by atoms with van der Waals surface area (Å²) in [5.41, 5.74) is 7.24. The zero-order valence-electron chi connectivity index (χ0n) is 84.8. The fourth-order valence-electron chi connectivity index (χ4n) is 16.7. The molecule has 7 rings (SSSR count). The molecule has 3 aromatic rings. The van der Waals surface area contributed by atoms with Crippen LogP contribution in [0.1, 0.15) is 233 Å². The van der Waals surface area contributed by atoms with Crippen molar-refractivity contribution in [3.05, 3.63) is 101 Å². The van der Waals surface area contributed by atoms with Gasteiger partial charge in [-0.25, -0.2) is 19.2 Å². The number of aliphatic carboxylic acids is 1. The van der Waals surface area contributed by atoms with Gasteiger partial charge in [0.05, 0.1) is 50.3 Å². The van der Waals surface area contributed by atoms with Crippen LogP contribution in [0.3, 0.4) is 0 Å². The highest BCUT2D eigenvalue weighted by molar-refractivity contribution is 5.97. The molecule has 4 fully saturated rings. The number of nitrogens with one attached hydrogen (secondary N) is 6. The Morgan fingerprint density at radius 1 is 0.558 bits per heavy atom. The highest BCUT2D eigenvalue weighted by Gasteiger charge is 2.48. The van der Waals surface area contributed by atoms with E-state index in [1.54, 1.807) is 72.9 Å². The number of cyclic esters (lactones) is 4. The predicted octanol–water partition coefficient (Wildman–Crippen LogP) is 4.43. The van der Waals surface area contributed by atoms with E-state index in [0.717, 1.165) is 21.6 Å². The summed E-state index contributed by atoms with van der Waals surface area (Å²) >= 11 is 0. The molecule has 0 bridgehead atoms. The molecule has 4 heterocycles. The lowest BCUT2D eigenvalue weighted by Crippen LogP contribution is -3.00. The zero-order valence-corrected chi connectivity index (χ0v) is 85.5. The maximum atomic E-state index is 14.6. The van der Waals surface area contributed by atoms with Crippen molar-refractivity contribution < 1.29 is 135 Å². The summed E-state index contributed by atoms with van der Waals surface area (Å²) < 4.78 is 33.6. The van der Waals surface area contributed by atoms with Gasteiger partial charge in [-0.1, -0.05) is 203 Å². The van der Waals surface area contributed by atoms with Gasteiger partial charge in [-0.15, -0.1) is 0 Å². The molecule has 778 valence electrons. The minimum Gasteiger partial charge on any atom is -1.00 e. The van der Waals surface area contributed by atoms with Gasteiger partial charge in [0.1, 0.15) is 66.8 Å². The first-order chi connectivity index (χ1) is 63.9. The molecule has 4 aliphatic rings. The summed E-state index contributed by atoms with van der Waals surface area (Å²) in [6, 6.07) is 11.3. The van der Waals surface area contributed by atoms with Gasteiger partial charge in [-0.3, -0.25) is 57.6 Å². The van der Waals surface area contributed by atoms with Crippen molar-refractivity contribution in [2.24, 2.45) is 47.3 Å². The van der Waals surface area contributed by atoms with Crippen molar-refractivity contribution in [1.29, 1.82) is 0 Å². The van der Waals surface area contributed by atoms with E-state index in [0.29, 0.717) is 62.7 Å². The minimum atomic E-state index is -1.49. The van der Waals surface area contributed by atoms with Crippen molar-refractivity contribution in [3.8, 4) is 5.75 Å². The van der Waals surface area contributed by atoms with Crippen molar-refractivity contribution in [3.63, 3.8) is 0 Å². The van der Waals surface area contributed by atoms with Crippen LogP contribution in [0.25, 0.3) is 0 Å². The predicted molar refractivity (Wildman–Crippen MR) is 517 cm³/mol. The number of benzene rings is 3. The molecule has 3 aromatic carbocycles. The summed E-state index contributed by atoms with van der Waals surface area (Å²) in [6.07, 6.45) is -5.52. The summed E-state index contributed by atoms with van der Waals surface area (Å²) in [5, 5.41) is 49.0. The van der Waals surface area contributed by atoms with Gasteiger partial charge in [-0.05, 0) is 155 Å². The summed E-state index contributed by atoms with van der Waals surface area (Å²) in [6.45, 7) is 34.9. The Balaban J connectivity index is 0.000000774. The molecule has 0 saturated carbocycles. The van der Waals surface area contributed by atoms with Crippen molar-refractivity contribution in [1.82, 2.24) is 56.4 Å². The highest BCUT2D eigenvalue weighted by Crippen LogP contribution is 2.30. The van der Waals surface area contributed by atoms with Crippen LogP contribution in [-0.4, -0.2) is 286 Å². The minimum absolute atomic E-state index is 0. The number of hydrogen-bond acceptors (Lipinski definition) is 24. The number of carbonyl (C=O) groups is 15. The number of nitrogens with zero attached hydrogens (tertiary/aromatic N) is 5. The van der Waals surface area contributed by atoms with E-state index in [1.165, 1.54) is 61.7 Å². The molecular weight excluding hydrogens is 1800 g/mol. The zero-order chi connectivity index (χ0) is 102. The number of rotatable bonds is 26. The van der Waals surface area contributed by atoms with Crippen LogP contribution in [-0.2, 0) is 110 Å². The second kappa shape index (κ2) is 58.5. The van der Waals surface area contributed by atoms with Crippen LogP contribution in [0.4, 0.5) is 4.79 Å². The van der Waals surface area contributed by atoms with E-state index in [4.69, 9.17) is 28.4 Å². The fourth-order valence-corrected chi connectivity index (χ4v) is 16.7. The lowest BCUT2D eigenvalue weighted by atomic mass is 9.92. The third-order valence-electron chi connectivity index (χ3n) is 25.4. The van der Waals surface area contributed by atoms with Gasteiger partial charge in [-0.2, -0.15) is 0 Å². The van der Waals surface area contributed by atoms with Gasteiger partial charge >= 0.3 is 35.9 Å². The van der Waals surface area contributed by atoms with Crippen molar-refractivity contribution >= 4 is 89.1 Å². The lowest BCUT2D eigenvalue weighted by Gasteiger charge is -2.35. The number of halogens is 1. The third-order valence-corrected chi connectivity index (χ3v) is 25.4. The Bertz CT molecular complexity index is 4440. The number of carbonyl (C=O) groups excluding carboxylic acids is 14. The van der Waals surface area contributed by atoms with Crippen molar-refractivity contribution in [2.45, 2.75) is 345 Å². The van der Waals surface area contributed by atoms with Crippen molar-refractivity contribution in [2.75, 3.05) is 48.4 Å². The molecule has 4 saturated heterocycles. The van der Waals surface area contributed by atoms with Crippen LogP contribution in [0.2, 0.25) is 0 Å². The summed E-state index contributed by atoms with van der Waals surface area (Å²) in [5.74, 6) is -10.5. The van der Waals surface area contributed by atoms with E-state index in [2.05, 4.69) is 37.6 Å².